The number of hydrogen-bond acceptors (Lipinski definition) is 0. The molecule has 12 heavy (non-hydrogen) atoms. The zero-order valence-electron chi connectivity index (χ0n) is 8.99. The number of halogens is 1. The Bertz CT molecular complexity index is 104. The van der Waals surface area contributed by atoms with Gasteiger partial charge in [0.1, 0.15) is 0 Å². The third-order valence-corrected chi connectivity index (χ3v) is 2.37. The first kappa shape index (κ1) is 14.8. The van der Waals surface area contributed by atoms with Crippen LogP contribution in [0.15, 0.2) is 0 Å². The quantitative estimate of drug-likeness (QED) is 0.594. The van der Waals surface area contributed by atoms with Crippen LogP contribution in [0.25, 0.3) is 0 Å². The van der Waals surface area contributed by atoms with Gasteiger partial charge in [0.15, 0.2) is 0 Å². The van der Waals surface area contributed by atoms with Gasteiger partial charge >= 0.3 is 0 Å². The first-order valence-electron chi connectivity index (χ1n) is 4.89. The Morgan fingerprint density at radius 2 is 1.75 bits per heavy atom. The predicted octanol–water partition coefficient (Wildman–Crippen LogP) is -0.773. The summed E-state index contributed by atoms with van der Waals surface area (Å²) in [7, 11) is 0. The summed E-state index contributed by atoms with van der Waals surface area (Å²) in [5, 5.41) is 0. The van der Waals surface area contributed by atoms with E-state index in [0.29, 0.717) is 5.54 Å². The Kier molecular flexibility index (Phi) is 8.28. The standard InChI is InChI=1S/C10H23N.ClH/c1-5-7-10(11,6-2)8-9(3)4;/h9H,5-8,11H2,1-4H3;1H. The largest absolute Gasteiger partial charge is 1.00 e. The van der Waals surface area contributed by atoms with Crippen molar-refractivity contribution in [1.29, 1.82) is 0 Å². The van der Waals surface area contributed by atoms with Gasteiger partial charge in [-0.2, -0.15) is 0 Å². The van der Waals surface area contributed by atoms with E-state index >= 15 is 0 Å². The Balaban J connectivity index is 0. The van der Waals surface area contributed by atoms with Crippen LogP contribution >= 0.6 is 0 Å². The Morgan fingerprint density at radius 1 is 1.25 bits per heavy atom. The molecule has 0 radical (unpaired) electrons. The molecule has 0 heterocycles. The van der Waals surface area contributed by atoms with Crippen LogP contribution in [-0.2, 0) is 0 Å². The van der Waals surface area contributed by atoms with Crippen LogP contribution in [0.1, 0.15) is 53.4 Å². The fraction of sp³-hybridized carbons (Fsp3) is 1.00. The van der Waals surface area contributed by atoms with Crippen LogP contribution in [-0.4, -0.2) is 5.54 Å². The molecule has 0 aliphatic rings. The lowest BCUT2D eigenvalue weighted by Crippen LogP contribution is -3.00. The first-order valence-corrected chi connectivity index (χ1v) is 4.89. The molecule has 76 valence electrons. The molecular formula is C10H24ClN. The van der Waals surface area contributed by atoms with Crippen LogP contribution < -0.4 is 18.1 Å². The van der Waals surface area contributed by atoms with Crippen LogP contribution in [0.5, 0.6) is 0 Å². The molecule has 0 fully saturated rings. The van der Waals surface area contributed by atoms with E-state index in [1.807, 2.05) is 0 Å². The highest BCUT2D eigenvalue weighted by atomic mass is 35.5. The highest BCUT2D eigenvalue weighted by molar-refractivity contribution is 4.75. The maximum absolute atomic E-state index is 4.32. The summed E-state index contributed by atoms with van der Waals surface area (Å²) in [6, 6.07) is 0. The van der Waals surface area contributed by atoms with E-state index in [2.05, 4.69) is 33.4 Å². The fourth-order valence-corrected chi connectivity index (χ4v) is 1.82. The number of rotatable bonds is 5. The maximum Gasteiger partial charge on any atom is 0.0945 e. The molecule has 0 aromatic heterocycles. The van der Waals surface area contributed by atoms with Gasteiger partial charge in [-0.3, -0.25) is 0 Å². The molecule has 0 bridgehead atoms. The van der Waals surface area contributed by atoms with E-state index in [9.17, 15) is 0 Å². The van der Waals surface area contributed by atoms with Gasteiger partial charge in [-0.05, 0) is 12.3 Å². The third kappa shape index (κ3) is 5.84. The zero-order valence-corrected chi connectivity index (χ0v) is 9.75. The second kappa shape index (κ2) is 6.73. The molecule has 1 unspecified atom stereocenters. The first-order chi connectivity index (χ1) is 5.04. The van der Waals surface area contributed by atoms with E-state index in [1.165, 1.54) is 25.7 Å². The molecule has 0 aromatic rings. The molecule has 1 nitrogen and oxygen atoms in total. The van der Waals surface area contributed by atoms with Crippen molar-refractivity contribution in [3.63, 3.8) is 0 Å². The van der Waals surface area contributed by atoms with Gasteiger partial charge in [-0.15, -0.1) is 0 Å². The van der Waals surface area contributed by atoms with Gasteiger partial charge in [0.25, 0.3) is 0 Å². The van der Waals surface area contributed by atoms with Crippen molar-refractivity contribution in [2.75, 3.05) is 0 Å². The lowest BCUT2D eigenvalue weighted by atomic mass is 9.84. The molecule has 0 saturated heterocycles. The van der Waals surface area contributed by atoms with E-state index in [4.69, 9.17) is 0 Å². The van der Waals surface area contributed by atoms with Gasteiger partial charge in [-0.25, -0.2) is 0 Å². The molecular weight excluding hydrogens is 170 g/mol. The lowest BCUT2D eigenvalue weighted by molar-refractivity contribution is -0.484. The lowest BCUT2D eigenvalue weighted by Gasteiger charge is -2.25. The molecule has 0 aliphatic heterocycles. The highest BCUT2D eigenvalue weighted by Crippen LogP contribution is 2.20. The third-order valence-electron chi connectivity index (χ3n) is 2.37. The minimum atomic E-state index is 0. The summed E-state index contributed by atoms with van der Waals surface area (Å²) < 4.78 is 0. The molecule has 0 saturated carbocycles. The molecule has 1 atom stereocenters. The van der Waals surface area contributed by atoms with Gasteiger partial charge in [0.2, 0.25) is 0 Å². The Morgan fingerprint density at radius 3 is 2.00 bits per heavy atom. The average Bonchev–Trinajstić information content (AvgIpc) is 1.87. The molecule has 0 aromatic carbocycles. The zero-order chi connectivity index (χ0) is 8.91. The summed E-state index contributed by atoms with van der Waals surface area (Å²) in [4.78, 5) is 0. The maximum atomic E-state index is 4.32. The van der Waals surface area contributed by atoms with E-state index in [1.54, 1.807) is 0 Å². The normalized spacial score (nSPS) is 15.5. The van der Waals surface area contributed by atoms with Crippen molar-refractivity contribution in [3.8, 4) is 0 Å². The van der Waals surface area contributed by atoms with Crippen molar-refractivity contribution in [1.82, 2.24) is 0 Å². The second-order valence-corrected chi connectivity index (χ2v) is 4.20. The van der Waals surface area contributed by atoms with E-state index in [-0.39, 0.29) is 12.4 Å². The fourth-order valence-electron chi connectivity index (χ4n) is 1.82. The van der Waals surface area contributed by atoms with Crippen LogP contribution in [0.4, 0.5) is 0 Å². The molecule has 0 aliphatic carbocycles. The van der Waals surface area contributed by atoms with Crippen molar-refractivity contribution in [3.05, 3.63) is 0 Å². The summed E-state index contributed by atoms with van der Waals surface area (Å²) >= 11 is 0. The van der Waals surface area contributed by atoms with Crippen LogP contribution in [0, 0.1) is 5.92 Å². The molecule has 2 heteroatoms. The van der Waals surface area contributed by atoms with E-state index < -0.39 is 0 Å². The second-order valence-electron chi connectivity index (χ2n) is 4.20. The summed E-state index contributed by atoms with van der Waals surface area (Å²) in [5.41, 5.74) is 4.68. The molecule has 0 spiro atoms. The average molecular weight is 194 g/mol. The minimum absolute atomic E-state index is 0. The van der Waals surface area contributed by atoms with Gasteiger partial charge in [-0.1, -0.05) is 34.1 Å². The summed E-state index contributed by atoms with van der Waals surface area (Å²) in [6.07, 6.45) is 5.04. The van der Waals surface area contributed by atoms with Crippen molar-refractivity contribution >= 4 is 0 Å². The summed E-state index contributed by atoms with van der Waals surface area (Å²) in [5.74, 6) is 0.791. The van der Waals surface area contributed by atoms with Gasteiger partial charge in [0.05, 0.1) is 5.54 Å². The molecule has 0 amide bonds. The van der Waals surface area contributed by atoms with Crippen molar-refractivity contribution in [2.45, 2.75) is 58.9 Å². The molecule has 3 N–H and O–H groups in total. The van der Waals surface area contributed by atoms with Gasteiger partial charge < -0.3 is 18.1 Å². The minimum Gasteiger partial charge on any atom is -1.00 e. The van der Waals surface area contributed by atoms with Crippen LogP contribution in [0.3, 0.4) is 0 Å². The summed E-state index contributed by atoms with van der Waals surface area (Å²) in [6.45, 7) is 9.07. The Labute approximate surface area is 83.5 Å². The number of quaternary nitrogens is 1. The Hall–Kier alpha value is 0.250. The van der Waals surface area contributed by atoms with E-state index in [0.717, 1.165) is 5.92 Å². The predicted molar refractivity (Wildman–Crippen MR) is 50.3 cm³/mol. The monoisotopic (exact) mass is 193 g/mol. The molecule has 0 rings (SSSR count). The number of hydrogen-bond donors (Lipinski definition) is 1. The topological polar surface area (TPSA) is 27.6 Å². The van der Waals surface area contributed by atoms with Crippen LogP contribution in [0.2, 0.25) is 0 Å². The smallest absolute Gasteiger partial charge is 0.0945 e. The highest BCUT2D eigenvalue weighted by Gasteiger charge is 2.26. The van der Waals surface area contributed by atoms with Crippen molar-refractivity contribution in [2.24, 2.45) is 5.92 Å². The SMILES string of the molecule is CCCC([NH3+])(CC)CC(C)C.[Cl-]. The van der Waals surface area contributed by atoms with Crippen molar-refractivity contribution < 1.29 is 18.1 Å². The van der Waals surface area contributed by atoms with Gasteiger partial charge in [0, 0.05) is 12.8 Å².